The van der Waals surface area contributed by atoms with Crippen LogP contribution in [0.1, 0.15) is 16.2 Å². The summed E-state index contributed by atoms with van der Waals surface area (Å²) in [5.41, 5.74) is 1.17. The number of amides is 1. The van der Waals surface area contributed by atoms with Gasteiger partial charge in [0.15, 0.2) is 11.5 Å². The Morgan fingerprint density at radius 2 is 2.12 bits per heavy atom. The van der Waals surface area contributed by atoms with Gasteiger partial charge >= 0.3 is 0 Å². The van der Waals surface area contributed by atoms with Crippen LogP contribution in [0.3, 0.4) is 0 Å². The third-order valence-corrected chi connectivity index (χ3v) is 3.90. The lowest BCUT2D eigenvalue weighted by molar-refractivity contribution is 0.0954. The molecule has 0 saturated carbocycles. The minimum atomic E-state index is -0.184. The molecule has 2 N–H and O–H groups in total. The Kier molecular flexibility index (Phi) is 5.98. The van der Waals surface area contributed by atoms with E-state index in [2.05, 4.69) is 25.9 Å². The summed E-state index contributed by atoms with van der Waals surface area (Å²) in [6.07, 6.45) is 0.502. The van der Waals surface area contributed by atoms with Crippen molar-refractivity contribution < 1.29 is 9.53 Å². The number of benzene rings is 1. The fourth-order valence-electron chi connectivity index (χ4n) is 2.38. The van der Waals surface area contributed by atoms with Gasteiger partial charge in [-0.2, -0.15) is 4.52 Å². The molecule has 0 spiro atoms. The number of ether oxygens (including phenoxy) is 1. The summed E-state index contributed by atoms with van der Waals surface area (Å²) in [6, 6.07) is 10.5. The Balaban J connectivity index is 1.61. The highest BCUT2D eigenvalue weighted by Crippen LogP contribution is 2.11. The van der Waals surface area contributed by atoms with E-state index in [4.69, 9.17) is 16.3 Å². The van der Waals surface area contributed by atoms with Gasteiger partial charge < -0.3 is 15.4 Å². The Labute approximate surface area is 155 Å². The maximum absolute atomic E-state index is 12.1. The normalized spacial score (nSPS) is 10.8. The van der Waals surface area contributed by atoms with Crippen LogP contribution in [-0.4, -0.2) is 52.5 Å². The molecule has 0 radical (unpaired) electrons. The fourth-order valence-corrected chi connectivity index (χ4v) is 2.57. The molecule has 136 valence electrons. The summed E-state index contributed by atoms with van der Waals surface area (Å²) >= 11 is 5.91. The van der Waals surface area contributed by atoms with E-state index in [9.17, 15) is 4.79 Å². The van der Waals surface area contributed by atoms with Crippen molar-refractivity contribution in [1.82, 2.24) is 25.1 Å². The first-order valence-electron chi connectivity index (χ1n) is 8.15. The number of hydrogen-bond donors (Lipinski definition) is 2. The third-order valence-electron chi connectivity index (χ3n) is 3.66. The highest BCUT2D eigenvalue weighted by Gasteiger charge is 2.10. The summed E-state index contributed by atoms with van der Waals surface area (Å²) in [5, 5.41) is 19.2. The summed E-state index contributed by atoms with van der Waals surface area (Å²) in [4.78, 5) is 12.1. The predicted octanol–water partition coefficient (Wildman–Crippen LogP) is 1.81. The number of carbonyl (C=O) groups excluding carboxylic acids is 1. The molecule has 1 amide bonds. The molecule has 0 bridgehead atoms. The Morgan fingerprint density at radius 3 is 2.92 bits per heavy atom. The zero-order chi connectivity index (χ0) is 18.4. The summed E-state index contributed by atoms with van der Waals surface area (Å²) < 4.78 is 6.68. The quantitative estimate of drug-likeness (QED) is 0.584. The number of carbonyl (C=O) groups is 1. The maximum atomic E-state index is 12.1. The summed E-state index contributed by atoms with van der Waals surface area (Å²) in [5.74, 6) is 1.19. The predicted molar refractivity (Wildman–Crippen MR) is 98.6 cm³/mol. The Hall–Kier alpha value is -2.71. The first-order chi connectivity index (χ1) is 12.7. The highest BCUT2D eigenvalue weighted by atomic mass is 35.5. The highest BCUT2D eigenvalue weighted by molar-refractivity contribution is 6.30. The Bertz CT molecular complexity index is 898. The second kappa shape index (κ2) is 8.59. The van der Waals surface area contributed by atoms with Crippen molar-refractivity contribution >= 4 is 29.0 Å². The van der Waals surface area contributed by atoms with Gasteiger partial charge in [0, 0.05) is 37.2 Å². The molecule has 0 saturated heterocycles. The molecular weight excluding hydrogens is 356 g/mol. The van der Waals surface area contributed by atoms with Crippen molar-refractivity contribution in [1.29, 1.82) is 0 Å². The molecule has 1 aromatic carbocycles. The topological polar surface area (TPSA) is 93.4 Å². The van der Waals surface area contributed by atoms with E-state index in [1.54, 1.807) is 35.9 Å². The first kappa shape index (κ1) is 18.1. The molecule has 0 fully saturated rings. The number of aromatic nitrogens is 4. The molecule has 9 heteroatoms. The van der Waals surface area contributed by atoms with E-state index < -0.39 is 0 Å². The van der Waals surface area contributed by atoms with Crippen LogP contribution in [0.4, 0.5) is 5.82 Å². The second-order valence-corrected chi connectivity index (χ2v) is 5.98. The van der Waals surface area contributed by atoms with E-state index in [0.717, 1.165) is 0 Å². The number of fused-ring (bicyclic) bond motifs is 1. The van der Waals surface area contributed by atoms with Gasteiger partial charge in [0.05, 0.1) is 6.61 Å². The van der Waals surface area contributed by atoms with Crippen LogP contribution < -0.4 is 10.6 Å². The fraction of sp³-hybridized carbons (Fsp3) is 0.294. The molecule has 3 aromatic rings. The number of rotatable bonds is 8. The van der Waals surface area contributed by atoms with Crippen LogP contribution >= 0.6 is 11.6 Å². The largest absolute Gasteiger partial charge is 0.383 e. The third kappa shape index (κ3) is 4.47. The van der Waals surface area contributed by atoms with Gasteiger partial charge in [0.1, 0.15) is 5.82 Å². The molecule has 3 rings (SSSR count). The minimum Gasteiger partial charge on any atom is -0.383 e. The van der Waals surface area contributed by atoms with Crippen LogP contribution in [0.15, 0.2) is 36.4 Å². The molecule has 2 aromatic heterocycles. The molecule has 26 heavy (non-hydrogen) atoms. The van der Waals surface area contributed by atoms with Crippen molar-refractivity contribution in [3.63, 3.8) is 0 Å². The zero-order valence-corrected chi connectivity index (χ0v) is 15.0. The van der Waals surface area contributed by atoms with E-state index >= 15 is 0 Å². The standard InChI is InChI=1S/C17H19ClN6O2/c1-26-10-9-19-14-5-6-15-21-22-16(24(15)23-14)7-8-20-17(25)12-3-2-4-13(18)11-12/h2-6,11H,7-10H2,1H3,(H,19,23)(H,20,25). The van der Waals surface area contributed by atoms with Crippen molar-refractivity contribution in [3.8, 4) is 0 Å². The van der Waals surface area contributed by atoms with Crippen LogP contribution in [0.2, 0.25) is 5.02 Å². The smallest absolute Gasteiger partial charge is 0.251 e. The first-order valence-corrected chi connectivity index (χ1v) is 8.53. The molecule has 8 nitrogen and oxygen atoms in total. The van der Waals surface area contributed by atoms with E-state index in [-0.39, 0.29) is 5.91 Å². The average Bonchev–Trinajstić information content (AvgIpc) is 3.04. The molecule has 0 unspecified atom stereocenters. The Morgan fingerprint density at radius 1 is 1.23 bits per heavy atom. The van der Waals surface area contributed by atoms with Gasteiger partial charge in [0.25, 0.3) is 5.91 Å². The minimum absolute atomic E-state index is 0.184. The molecule has 2 heterocycles. The lowest BCUT2D eigenvalue weighted by Crippen LogP contribution is -2.26. The van der Waals surface area contributed by atoms with Crippen LogP contribution in [0.5, 0.6) is 0 Å². The van der Waals surface area contributed by atoms with E-state index in [0.29, 0.717) is 54.0 Å². The second-order valence-electron chi connectivity index (χ2n) is 5.54. The lowest BCUT2D eigenvalue weighted by atomic mass is 10.2. The number of hydrogen-bond acceptors (Lipinski definition) is 6. The number of halogens is 1. The van der Waals surface area contributed by atoms with Gasteiger partial charge in [-0.15, -0.1) is 15.3 Å². The number of nitrogens with one attached hydrogen (secondary N) is 2. The van der Waals surface area contributed by atoms with Crippen molar-refractivity contribution in [2.75, 3.05) is 32.1 Å². The van der Waals surface area contributed by atoms with Gasteiger partial charge in [0.2, 0.25) is 0 Å². The monoisotopic (exact) mass is 374 g/mol. The van der Waals surface area contributed by atoms with Crippen molar-refractivity contribution in [2.45, 2.75) is 6.42 Å². The summed E-state index contributed by atoms with van der Waals surface area (Å²) in [6.45, 7) is 1.65. The van der Waals surface area contributed by atoms with Crippen LogP contribution in [-0.2, 0) is 11.2 Å². The van der Waals surface area contributed by atoms with Gasteiger partial charge in [-0.25, -0.2) is 0 Å². The van der Waals surface area contributed by atoms with Gasteiger partial charge in [-0.05, 0) is 30.3 Å². The maximum Gasteiger partial charge on any atom is 0.251 e. The van der Waals surface area contributed by atoms with E-state index in [1.807, 2.05) is 12.1 Å². The SMILES string of the molecule is COCCNc1ccc2nnc(CCNC(=O)c3cccc(Cl)c3)n2n1. The van der Waals surface area contributed by atoms with Crippen molar-refractivity contribution in [3.05, 3.63) is 52.8 Å². The van der Waals surface area contributed by atoms with Crippen LogP contribution in [0, 0.1) is 0 Å². The number of anilines is 1. The van der Waals surface area contributed by atoms with Crippen molar-refractivity contribution in [2.24, 2.45) is 0 Å². The zero-order valence-electron chi connectivity index (χ0n) is 14.3. The molecule has 0 atom stereocenters. The van der Waals surface area contributed by atoms with E-state index in [1.165, 1.54) is 0 Å². The lowest BCUT2D eigenvalue weighted by Gasteiger charge is -2.06. The average molecular weight is 375 g/mol. The molecule has 0 aliphatic heterocycles. The molecule has 0 aliphatic rings. The summed E-state index contributed by atoms with van der Waals surface area (Å²) in [7, 11) is 1.65. The number of methoxy groups -OCH3 is 1. The van der Waals surface area contributed by atoms with Crippen LogP contribution in [0.25, 0.3) is 5.65 Å². The van der Waals surface area contributed by atoms with Gasteiger partial charge in [-0.3, -0.25) is 4.79 Å². The van der Waals surface area contributed by atoms with Gasteiger partial charge in [-0.1, -0.05) is 17.7 Å². The molecular formula is C17H19ClN6O2. The number of nitrogens with zero attached hydrogens (tertiary/aromatic N) is 4. The molecule has 0 aliphatic carbocycles.